The first-order valence-electron chi connectivity index (χ1n) is 8.07. The molecule has 0 saturated carbocycles. The normalized spacial score (nSPS) is 16.3. The van der Waals surface area contributed by atoms with Crippen molar-refractivity contribution in [2.45, 2.75) is 18.8 Å². The lowest BCUT2D eigenvalue weighted by atomic mass is 10.2. The third kappa shape index (κ3) is 4.55. The number of fused-ring (bicyclic) bond motifs is 1. The van der Waals surface area contributed by atoms with Gasteiger partial charge in [-0.15, -0.1) is 0 Å². The van der Waals surface area contributed by atoms with Gasteiger partial charge in [0.1, 0.15) is 12.3 Å². The number of hydrogen-bond donors (Lipinski definition) is 1. The van der Waals surface area contributed by atoms with E-state index in [1.54, 1.807) is 36.1 Å². The molecule has 25 heavy (non-hydrogen) atoms. The molecule has 2 amide bonds. The molecule has 0 saturated heterocycles. The van der Waals surface area contributed by atoms with Crippen molar-refractivity contribution >= 4 is 40.6 Å². The number of carbonyl (C=O) groups is 2. The predicted molar refractivity (Wildman–Crippen MR) is 102 cm³/mol. The fourth-order valence-corrected chi connectivity index (χ4v) is 4.13. The van der Waals surface area contributed by atoms with Gasteiger partial charge in [-0.1, -0.05) is 12.1 Å². The second-order valence-corrected chi connectivity index (χ2v) is 7.57. The van der Waals surface area contributed by atoms with Crippen LogP contribution >= 0.6 is 23.1 Å². The highest BCUT2D eigenvalue weighted by atomic mass is 32.2. The van der Waals surface area contributed by atoms with E-state index < -0.39 is 6.10 Å². The van der Waals surface area contributed by atoms with Crippen LogP contribution in [0, 0.1) is 0 Å². The van der Waals surface area contributed by atoms with E-state index in [-0.39, 0.29) is 18.4 Å². The van der Waals surface area contributed by atoms with E-state index in [0.717, 1.165) is 11.5 Å². The van der Waals surface area contributed by atoms with Gasteiger partial charge in [-0.25, -0.2) is 0 Å². The van der Waals surface area contributed by atoms with E-state index in [4.69, 9.17) is 4.74 Å². The van der Waals surface area contributed by atoms with Gasteiger partial charge in [0.2, 0.25) is 5.91 Å². The van der Waals surface area contributed by atoms with Gasteiger partial charge >= 0.3 is 0 Å². The van der Waals surface area contributed by atoms with Crippen molar-refractivity contribution in [3.05, 3.63) is 46.7 Å². The van der Waals surface area contributed by atoms with Crippen molar-refractivity contribution in [3.63, 3.8) is 0 Å². The molecule has 0 aliphatic carbocycles. The van der Waals surface area contributed by atoms with Crippen molar-refractivity contribution in [1.82, 2.24) is 5.32 Å². The summed E-state index contributed by atoms with van der Waals surface area (Å²) in [6, 6.07) is 9.40. The van der Waals surface area contributed by atoms with Crippen LogP contribution in [-0.4, -0.2) is 36.8 Å². The number of ether oxygens (including phenoxy) is 1. The molecule has 1 aromatic carbocycles. The zero-order valence-corrected chi connectivity index (χ0v) is 15.6. The van der Waals surface area contributed by atoms with Gasteiger partial charge in [-0.3, -0.25) is 14.5 Å². The highest BCUT2D eigenvalue weighted by Gasteiger charge is 2.32. The van der Waals surface area contributed by atoms with Crippen molar-refractivity contribution in [1.29, 1.82) is 0 Å². The molecule has 7 heteroatoms. The molecule has 0 spiro atoms. The van der Waals surface area contributed by atoms with E-state index in [2.05, 4.69) is 22.1 Å². The molecular weight excluding hydrogens is 356 g/mol. The molecule has 0 bridgehead atoms. The van der Waals surface area contributed by atoms with Gasteiger partial charge < -0.3 is 10.1 Å². The van der Waals surface area contributed by atoms with E-state index in [0.29, 0.717) is 18.0 Å². The molecule has 5 nitrogen and oxygen atoms in total. The van der Waals surface area contributed by atoms with Crippen LogP contribution < -0.4 is 15.0 Å². The fourth-order valence-electron chi connectivity index (χ4n) is 2.55. The summed E-state index contributed by atoms with van der Waals surface area (Å²) in [5, 5.41) is 7.08. The van der Waals surface area contributed by atoms with Crippen molar-refractivity contribution in [2.75, 3.05) is 23.7 Å². The average molecular weight is 377 g/mol. The molecule has 1 aliphatic rings. The van der Waals surface area contributed by atoms with Crippen LogP contribution in [-0.2, 0) is 15.3 Å². The van der Waals surface area contributed by atoms with E-state index >= 15 is 0 Å². The molecule has 1 atom stereocenters. The first-order valence-corrected chi connectivity index (χ1v) is 10.2. The van der Waals surface area contributed by atoms with Crippen LogP contribution in [0.3, 0.4) is 0 Å². The molecular formula is C18H20N2O3S2. The Balaban J connectivity index is 1.48. The Hall–Kier alpha value is -1.99. The smallest absolute Gasteiger partial charge is 0.268 e. The number of hydrogen-bond acceptors (Lipinski definition) is 5. The maximum atomic E-state index is 12.3. The summed E-state index contributed by atoms with van der Waals surface area (Å²) in [5.74, 6) is 2.07. The SMILES string of the molecule is C[C@@H]1Oc2ccccc2N(CC(=O)NCCSCc2ccsc2)C1=O. The van der Waals surface area contributed by atoms with Crippen LogP contribution in [0.1, 0.15) is 12.5 Å². The number of amides is 2. The summed E-state index contributed by atoms with van der Waals surface area (Å²) in [4.78, 5) is 26.1. The summed E-state index contributed by atoms with van der Waals surface area (Å²) < 4.78 is 5.58. The maximum Gasteiger partial charge on any atom is 0.268 e. The van der Waals surface area contributed by atoms with Crippen molar-refractivity contribution in [3.8, 4) is 5.75 Å². The quantitative estimate of drug-likeness (QED) is 0.755. The monoisotopic (exact) mass is 376 g/mol. The Morgan fingerprint density at radius 3 is 3.00 bits per heavy atom. The van der Waals surface area contributed by atoms with E-state index in [9.17, 15) is 9.59 Å². The summed E-state index contributed by atoms with van der Waals surface area (Å²) >= 11 is 3.47. The molecule has 1 N–H and O–H groups in total. The lowest BCUT2D eigenvalue weighted by Crippen LogP contribution is -2.49. The topological polar surface area (TPSA) is 58.6 Å². The predicted octanol–water partition coefficient (Wildman–Crippen LogP) is 2.91. The molecule has 1 aromatic heterocycles. The highest BCUT2D eigenvalue weighted by Crippen LogP contribution is 2.33. The van der Waals surface area contributed by atoms with E-state index in [1.807, 2.05) is 18.2 Å². The largest absolute Gasteiger partial charge is 0.479 e. The van der Waals surface area contributed by atoms with Crippen molar-refractivity contribution < 1.29 is 14.3 Å². The molecule has 1 aliphatic heterocycles. The number of rotatable bonds is 7. The first kappa shape index (κ1) is 17.8. The van der Waals surface area contributed by atoms with Gasteiger partial charge in [-0.05, 0) is 41.4 Å². The number of para-hydroxylation sites is 2. The Morgan fingerprint density at radius 1 is 1.36 bits per heavy atom. The minimum Gasteiger partial charge on any atom is -0.479 e. The van der Waals surface area contributed by atoms with Gasteiger partial charge in [-0.2, -0.15) is 23.1 Å². The zero-order chi connectivity index (χ0) is 17.6. The zero-order valence-electron chi connectivity index (χ0n) is 13.9. The highest BCUT2D eigenvalue weighted by molar-refractivity contribution is 7.98. The number of thioether (sulfide) groups is 1. The standard InChI is InChI=1S/C18H20N2O3S2/c1-13-18(22)20(15-4-2-3-5-16(15)23-13)10-17(21)19-7-9-25-12-14-6-8-24-11-14/h2-6,8,11,13H,7,9-10,12H2,1H3,(H,19,21)/t13-/m0/s1. The number of nitrogens with one attached hydrogen (secondary N) is 1. The second kappa shape index (κ2) is 8.40. The van der Waals surface area contributed by atoms with Crippen LogP contribution in [0.15, 0.2) is 41.1 Å². The Kier molecular flexibility index (Phi) is 5.99. The molecule has 2 aromatic rings. The minimum atomic E-state index is -0.580. The number of benzene rings is 1. The fraction of sp³-hybridized carbons (Fsp3) is 0.333. The summed E-state index contributed by atoms with van der Waals surface area (Å²) in [6.45, 7) is 2.30. The first-order chi connectivity index (χ1) is 12.1. The van der Waals surface area contributed by atoms with Gasteiger partial charge in [0, 0.05) is 18.1 Å². The number of thiophene rings is 1. The maximum absolute atomic E-state index is 12.3. The molecule has 0 radical (unpaired) electrons. The van der Waals surface area contributed by atoms with Crippen LogP contribution in [0.5, 0.6) is 5.75 Å². The number of nitrogens with zero attached hydrogens (tertiary/aromatic N) is 1. The second-order valence-electron chi connectivity index (χ2n) is 5.69. The summed E-state index contributed by atoms with van der Waals surface area (Å²) in [7, 11) is 0. The number of anilines is 1. The molecule has 2 heterocycles. The third-order valence-corrected chi connectivity index (χ3v) is 5.56. The Bertz CT molecular complexity index is 734. The van der Waals surface area contributed by atoms with Gasteiger partial charge in [0.25, 0.3) is 5.91 Å². The molecule has 132 valence electrons. The molecule has 0 unspecified atom stereocenters. The van der Waals surface area contributed by atoms with Crippen molar-refractivity contribution in [2.24, 2.45) is 0 Å². The van der Waals surface area contributed by atoms with E-state index in [1.165, 1.54) is 10.5 Å². The molecule has 0 fully saturated rings. The average Bonchev–Trinajstić information content (AvgIpc) is 3.12. The summed E-state index contributed by atoms with van der Waals surface area (Å²) in [5.41, 5.74) is 1.96. The Labute approximate surface area is 155 Å². The lowest BCUT2D eigenvalue weighted by Gasteiger charge is -2.32. The summed E-state index contributed by atoms with van der Waals surface area (Å²) in [6.07, 6.45) is -0.580. The van der Waals surface area contributed by atoms with Gasteiger partial charge in [0.15, 0.2) is 6.10 Å². The minimum absolute atomic E-state index is 0.0126. The van der Waals surface area contributed by atoms with Gasteiger partial charge in [0.05, 0.1) is 5.69 Å². The Morgan fingerprint density at radius 2 is 2.20 bits per heavy atom. The molecule has 3 rings (SSSR count). The lowest BCUT2D eigenvalue weighted by molar-refractivity contribution is -0.128. The van der Waals surface area contributed by atoms with Crippen LogP contribution in [0.2, 0.25) is 0 Å². The van der Waals surface area contributed by atoms with Crippen LogP contribution in [0.4, 0.5) is 5.69 Å². The van der Waals surface area contributed by atoms with Crippen LogP contribution in [0.25, 0.3) is 0 Å². The number of carbonyl (C=O) groups excluding carboxylic acids is 2. The third-order valence-electron chi connectivity index (χ3n) is 3.79.